The maximum Gasteiger partial charge on any atom is 0.329 e. The number of hydrogen-bond donors (Lipinski definition) is 3. The van der Waals surface area contributed by atoms with Crippen LogP contribution in [0.15, 0.2) is 71.8 Å². The Labute approximate surface area is 204 Å². The quantitative estimate of drug-likeness (QED) is 0.265. The molecule has 3 aromatic rings. The average Bonchev–Trinajstić information content (AvgIpc) is 2.84. The van der Waals surface area contributed by atoms with E-state index in [-0.39, 0.29) is 19.1 Å². The number of rotatable bonds is 8. The highest BCUT2D eigenvalue weighted by Crippen LogP contribution is 2.18. The summed E-state index contributed by atoms with van der Waals surface area (Å²) in [6.07, 6.45) is 1.35. The van der Waals surface area contributed by atoms with Gasteiger partial charge in [-0.05, 0) is 50.1 Å². The molecule has 0 aromatic heterocycles. The number of nitrogens with one attached hydrogen (secondary N) is 3. The molecule has 3 rings (SSSR count). The Hall–Kier alpha value is -4.46. The highest BCUT2D eigenvalue weighted by molar-refractivity contribution is 6.35. The molecule has 0 bridgehead atoms. The van der Waals surface area contributed by atoms with Crippen LogP contribution in [0.4, 0.5) is 5.69 Å². The van der Waals surface area contributed by atoms with E-state index in [0.29, 0.717) is 11.3 Å². The van der Waals surface area contributed by atoms with Crippen molar-refractivity contribution in [2.24, 2.45) is 5.10 Å². The number of nitrogens with zero attached hydrogens (tertiary/aromatic N) is 1. The van der Waals surface area contributed by atoms with Gasteiger partial charge >= 0.3 is 11.8 Å². The van der Waals surface area contributed by atoms with Crippen LogP contribution in [0, 0.1) is 20.8 Å². The van der Waals surface area contributed by atoms with Crippen molar-refractivity contribution >= 4 is 29.6 Å². The van der Waals surface area contributed by atoms with E-state index >= 15 is 0 Å². The van der Waals surface area contributed by atoms with Gasteiger partial charge in [-0.25, -0.2) is 5.43 Å². The molecule has 0 aliphatic rings. The molecule has 8 nitrogen and oxygen atoms in total. The first-order valence-electron chi connectivity index (χ1n) is 11.1. The summed E-state index contributed by atoms with van der Waals surface area (Å²) >= 11 is 0. The minimum Gasteiger partial charge on any atom is -0.483 e. The maximum absolute atomic E-state index is 12.3. The maximum atomic E-state index is 12.3. The van der Waals surface area contributed by atoms with Gasteiger partial charge in [-0.15, -0.1) is 0 Å². The second-order valence-electron chi connectivity index (χ2n) is 8.06. The second kappa shape index (κ2) is 12.1. The van der Waals surface area contributed by atoms with Crippen molar-refractivity contribution < 1.29 is 19.1 Å². The summed E-state index contributed by atoms with van der Waals surface area (Å²) < 4.78 is 5.64. The molecule has 35 heavy (non-hydrogen) atoms. The third kappa shape index (κ3) is 7.82. The second-order valence-corrected chi connectivity index (χ2v) is 8.06. The van der Waals surface area contributed by atoms with Gasteiger partial charge < -0.3 is 15.4 Å². The molecule has 3 amide bonds. The van der Waals surface area contributed by atoms with Gasteiger partial charge in [0.25, 0.3) is 5.91 Å². The largest absolute Gasteiger partial charge is 0.483 e. The molecule has 8 heteroatoms. The predicted octanol–water partition coefficient (Wildman–Crippen LogP) is 3.40. The number of carbonyl (C=O) groups excluding carboxylic acids is 3. The molecule has 180 valence electrons. The van der Waals surface area contributed by atoms with E-state index in [2.05, 4.69) is 21.2 Å². The number of anilines is 1. The molecule has 0 fully saturated rings. The summed E-state index contributed by atoms with van der Waals surface area (Å²) in [4.78, 5) is 36.3. The Bertz CT molecular complexity index is 1240. The fraction of sp³-hybridized carbons (Fsp3) is 0.185. The first kappa shape index (κ1) is 25.2. The van der Waals surface area contributed by atoms with E-state index in [0.717, 1.165) is 27.9 Å². The molecule has 0 saturated heterocycles. The highest BCUT2D eigenvalue weighted by atomic mass is 16.5. The Morgan fingerprint density at radius 2 is 1.60 bits per heavy atom. The van der Waals surface area contributed by atoms with Crippen LogP contribution in [0.5, 0.6) is 5.75 Å². The van der Waals surface area contributed by atoms with Gasteiger partial charge in [0.05, 0.1) is 6.21 Å². The van der Waals surface area contributed by atoms with Gasteiger partial charge in [0.15, 0.2) is 6.61 Å². The summed E-state index contributed by atoms with van der Waals surface area (Å²) in [7, 11) is 0. The zero-order valence-electron chi connectivity index (χ0n) is 19.9. The third-order valence-corrected chi connectivity index (χ3v) is 5.08. The number of para-hydroxylation sites is 1. The minimum atomic E-state index is -0.889. The SMILES string of the molecule is Cc1ccc(CNC(=O)C(=O)N/N=C\c2ccccc2OCC(=O)Nc2ccc(C)cc2C)cc1. The van der Waals surface area contributed by atoms with Crippen LogP contribution in [0.25, 0.3) is 0 Å². The van der Waals surface area contributed by atoms with Crippen LogP contribution in [0.1, 0.15) is 27.8 Å². The summed E-state index contributed by atoms with van der Waals surface area (Å²) in [5, 5.41) is 9.21. The van der Waals surface area contributed by atoms with E-state index in [4.69, 9.17) is 4.74 Å². The fourth-order valence-corrected chi connectivity index (χ4v) is 3.18. The number of hydrogen-bond acceptors (Lipinski definition) is 5. The Balaban J connectivity index is 1.50. The zero-order chi connectivity index (χ0) is 25.2. The number of ether oxygens (including phenoxy) is 1. The number of aryl methyl sites for hydroxylation is 3. The molecule has 0 aliphatic carbocycles. The third-order valence-electron chi connectivity index (χ3n) is 5.08. The molecule has 0 spiro atoms. The standard InChI is InChI=1S/C27H28N4O4/c1-18-8-11-21(12-9-18)15-28-26(33)27(34)31-29-16-22-6-4-5-7-24(22)35-17-25(32)30-23-13-10-19(2)14-20(23)3/h4-14,16H,15,17H2,1-3H3,(H,28,33)(H,30,32)(H,31,34)/b29-16-. The smallest absolute Gasteiger partial charge is 0.329 e. The Kier molecular flexibility index (Phi) is 8.72. The van der Waals surface area contributed by atoms with Crippen LogP contribution in [-0.2, 0) is 20.9 Å². The number of carbonyl (C=O) groups is 3. The van der Waals surface area contributed by atoms with Crippen LogP contribution in [-0.4, -0.2) is 30.5 Å². The minimum absolute atomic E-state index is 0.202. The predicted molar refractivity (Wildman–Crippen MR) is 135 cm³/mol. The van der Waals surface area contributed by atoms with Crippen molar-refractivity contribution in [1.29, 1.82) is 0 Å². The molecule has 0 aliphatic heterocycles. The normalized spacial score (nSPS) is 10.6. The molecular formula is C27H28N4O4. The molecule has 0 heterocycles. The molecule has 0 unspecified atom stereocenters. The van der Waals surface area contributed by atoms with Gasteiger partial charge in [-0.2, -0.15) is 5.10 Å². The lowest BCUT2D eigenvalue weighted by Crippen LogP contribution is -2.37. The monoisotopic (exact) mass is 472 g/mol. The Morgan fingerprint density at radius 1 is 0.886 bits per heavy atom. The van der Waals surface area contributed by atoms with E-state index in [1.165, 1.54) is 6.21 Å². The van der Waals surface area contributed by atoms with E-state index < -0.39 is 11.8 Å². The fourth-order valence-electron chi connectivity index (χ4n) is 3.18. The molecule has 0 radical (unpaired) electrons. The first-order valence-corrected chi connectivity index (χ1v) is 11.1. The zero-order valence-corrected chi connectivity index (χ0v) is 19.9. The van der Waals surface area contributed by atoms with Gasteiger partial charge in [0.2, 0.25) is 0 Å². The van der Waals surface area contributed by atoms with Crippen molar-refractivity contribution in [3.8, 4) is 5.75 Å². The summed E-state index contributed by atoms with van der Waals surface area (Å²) in [5.74, 6) is -1.58. The number of benzene rings is 3. The van der Waals surface area contributed by atoms with Gasteiger partial charge in [0, 0.05) is 17.8 Å². The van der Waals surface area contributed by atoms with E-state index in [1.807, 2.05) is 63.2 Å². The summed E-state index contributed by atoms with van der Waals surface area (Å²) in [6, 6.07) is 20.3. The van der Waals surface area contributed by atoms with Crippen LogP contribution >= 0.6 is 0 Å². The van der Waals surface area contributed by atoms with Crippen molar-refractivity contribution in [1.82, 2.24) is 10.7 Å². The molecular weight excluding hydrogens is 444 g/mol. The lowest BCUT2D eigenvalue weighted by molar-refractivity contribution is -0.139. The number of hydrazone groups is 1. The van der Waals surface area contributed by atoms with Crippen molar-refractivity contribution in [3.05, 3.63) is 94.5 Å². The van der Waals surface area contributed by atoms with Crippen LogP contribution in [0.3, 0.4) is 0 Å². The van der Waals surface area contributed by atoms with Crippen LogP contribution < -0.4 is 20.8 Å². The lowest BCUT2D eigenvalue weighted by Gasteiger charge is -2.11. The van der Waals surface area contributed by atoms with Gasteiger partial charge in [0.1, 0.15) is 5.75 Å². The Morgan fingerprint density at radius 3 is 2.34 bits per heavy atom. The van der Waals surface area contributed by atoms with E-state index in [9.17, 15) is 14.4 Å². The lowest BCUT2D eigenvalue weighted by atomic mass is 10.1. The van der Waals surface area contributed by atoms with Crippen molar-refractivity contribution in [3.63, 3.8) is 0 Å². The first-order chi connectivity index (χ1) is 16.8. The average molecular weight is 473 g/mol. The number of amides is 3. The molecule has 0 saturated carbocycles. The summed E-state index contributed by atoms with van der Waals surface area (Å²) in [6.45, 7) is 5.91. The van der Waals surface area contributed by atoms with E-state index in [1.54, 1.807) is 24.3 Å². The topological polar surface area (TPSA) is 109 Å². The summed E-state index contributed by atoms with van der Waals surface area (Å²) in [5.41, 5.74) is 7.52. The van der Waals surface area contributed by atoms with Gasteiger partial charge in [-0.1, -0.05) is 59.7 Å². The molecule has 3 N–H and O–H groups in total. The van der Waals surface area contributed by atoms with Crippen molar-refractivity contribution in [2.75, 3.05) is 11.9 Å². The van der Waals surface area contributed by atoms with Gasteiger partial charge in [-0.3, -0.25) is 14.4 Å². The highest BCUT2D eigenvalue weighted by Gasteiger charge is 2.12. The van der Waals surface area contributed by atoms with Crippen molar-refractivity contribution in [2.45, 2.75) is 27.3 Å². The van der Waals surface area contributed by atoms with Crippen LogP contribution in [0.2, 0.25) is 0 Å². The molecule has 0 atom stereocenters. The molecule has 3 aromatic carbocycles.